The van der Waals surface area contributed by atoms with Gasteiger partial charge in [0.1, 0.15) is 17.7 Å². The number of aromatic nitrogens is 2. The molecule has 0 aliphatic carbocycles. The highest BCUT2D eigenvalue weighted by Gasteiger charge is 2.34. The molecule has 1 fully saturated rings. The summed E-state index contributed by atoms with van der Waals surface area (Å²) in [5.41, 5.74) is 3.88. The van der Waals surface area contributed by atoms with Gasteiger partial charge < -0.3 is 14.6 Å². The van der Waals surface area contributed by atoms with E-state index >= 15 is 0 Å². The molecule has 2 aromatic heterocycles. The number of alkyl halides is 3. The predicted octanol–water partition coefficient (Wildman–Crippen LogP) is 5.64. The van der Waals surface area contributed by atoms with Crippen LogP contribution in [0.4, 0.5) is 17.6 Å². The number of nitrogens with one attached hydrogen (secondary N) is 2. The highest BCUT2D eigenvalue weighted by atomic mass is 32.1. The SMILES string of the molecule is Fc1ccc(-c2cccc(-c3nc(-c4ccoc4)cc(C(F)(F)F)n3)c2)cc1C1NOC(=S)N1. The third kappa shape index (κ3) is 4.35. The van der Waals surface area contributed by atoms with Crippen molar-refractivity contribution in [3.63, 3.8) is 0 Å². The molecule has 1 atom stereocenters. The molecule has 1 saturated heterocycles. The molecule has 172 valence electrons. The summed E-state index contributed by atoms with van der Waals surface area (Å²) in [6, 6.07) is 13.5. The van der Waals surface area contributed by atoms with Gasteiger partial charge in [-0.15, -0.1) is 5.48 Å². The lowest BCUT2D eigenvalue weighted by atomic mass is 9.99. The summed E-state index contributed by atoms with van der Waals surface area (Å²) in [5, 5.41) is 2.88. The Morgan fingerprint density at radius 1 is 0.912 bits per heavy atom. The molecule has 0 radical (unpaired) electrons. The summed E-state index contributed by atoms with van der Waals surface area (Å²) in [6.07, 6.45) is -2.68. The van der Waals surface area contributed by atoms with Gasteiger partial charge >= 0.3 is 6.18 Å². The first-order valence-corrected chi connectivity index (χ1v) is 10.3. The van der Waals surface area contributed by atoms with E-state index in [0.717, 1.165) is 6.07 Å². The van der Waals surface area contributed by atoms with Crippen LogP contribution in [-0.4, -0.2) is 15.1 Å². The van der Waals surface area contributed by atoms with Gasteiger partial charge in [-0.05, 0) is 53.7 Å². The summed E-state index contributed by atoms with van der Waals surface area (Å²) in [5.74, 6) is -0.586. The molecule has 4 aromatic rings. The van der Waals surface area contributed by atoms with Crippen LogP contribution in [0, 0.1) is 5.82 Å². The quantitative estimate of drug-likeness (QED) is 0.286. The molecule has 34 heavy (non-hydrogen) atoms. The average Bonchev–Trinajstić information content (AvgIpc) is 3.51. The number of rotatable bonds is 4. The number of furan rings is 1. The molecule has 1 aliphatic heterocycles. The molecule has 0 spiro atoms. The fraction of sp³-hybridized carbons (Fsp3) is 0.0870. The molecular weight excluding hydrogens is 472 g/mol. The molecule has 2 N–H and O–H groups in total. The minimum absolute atomic E-state index is 0.0786. The molecule has 0 amide bonds. The molecule has 11 heteroatoms. The lowest BCUT2D eigenvalue weighted by Gasteiger charge is -2.13. The molecule has 1 unspecified atom stereocenters. The maximum Gasteiger partial charge on any atom is 0.433 e. The van der Waals surface area contributed by atoms with E-state index < -0.39 is 23.9 Å². The average molecular weight is 486 g/mol. The van der Waals surface area contributed by atoms with E-state index in [1.165, 1.54) is 24.7 Å². The van der Waals surface area contributed by atoms with Gasteiger partial charge in [-0.25, -0.2) is 14.4 Å². The van der Waals surface area contributed by atoms with Crippen LogP contribution in [-0.2, 0) is 11.0 Å². The van der Waals surface area contributed by atoms with Crippen LogP contribution in [0.2, 0.25) is 0 Å². The second kappa shape index (κ2) is 8.50. The zero-order valence-corrected chi connectivity index (χ0v) is 17.9. The minimum atomic E-state index is -4.66. The number of hydroxylamine groups is 1. The second-order valence-corrected chi connectivity index (χ2v) is 7.74. The molecule has 1 aliphatic rings. The van der Waals surface area contributed by atoms with E-state index in [4.69, 9.17) is 21.5 Å². The standard InChI is InChI=1S/C23H14F4N4O2S/c24-17-5-4-13(9-16(17)21-30-22(34)33-31-21)12-2-1-3-14(8-12)20-28-18(15-6-7-32-11-15)10-19(29-20)23(25,26)27/h1-11,21,31H,(H,30,34). The number of hydrogen-bond donors (Lipinski definition) is 2. The van der Waals surface area contributed by atoms with Crippen molar-refractivity contribution in [2.45, 2.75) is 12.3 Å². The van der Waals surface area contributed by atoms with Crippen LogP contribution >= 0.6 is 12.2 Å². The Balaban J connectivity index is 1.57. The van der Waals surface area contributed by atoms with E-state index in [1.807, 2.05) is 0 Å². The molecule has 5 rings (SSSR count). The normalized spacial score (nSPS) is 15.8. The fourth-order valence-corrected chi connectivity index (χ4v) is 3.66. The number of benzene rings is 2. The Bertz CT molecular complexity index is 1380. The zero-order chi connectivity index (χ0) is 23.9. The van der Waals surface area contributed by atoms with Crippen LogP contribution in [0.3, 0.4) is 0 Å². The summed E-state index contributed by atoms with van der Waals surface area (Å²) < 4.78 is 60.0. The molecule has 0 bridgehead atoms. The third-order valence-electron chi connectivity index (χ3n) is 5.13. The van der Waals surface area contributed by atoms with Crippen molar-refractivity contribution in [3.8, 4) is 33.8 Å². The van der Waals surface area contributed by atoms with Gasteiger partial charge in [0.15, 0.2) is 5.82 Å². The Morgan fingerprint density at radius 2 is 1.71 bits per heavy atom. The topological polar surface area (TPSA) is 72.2 Å². The van der Waals surface area contributed by atoms with Gasteiger partial charge in [0, 0.05) is 16.7 Å². The Kier molecular flexibility index (Phi) is 5.50. The van der Waals surface area contributed by atoms with Crippen LogP contribution in [0.1, 0.15) is 17.4 Å². The van der Waals surface area contributed by atoms with Crippen molar-refractivity contribution >= 4 is 17.4 Å². The van der Waals surface area contributed by atoms with Gasteiger partial charge in [-0.1, -0.05) is 24.3 Å². The number of halogens is 4. The van der Waals surface area contributed by atoms with E-state index in [-0.39, 0.29) is 22.3 Å². The van der Waals surface area contributed by atoms with Crippen molar-refractivity contribution in [1.82, 2.24) is 20.8 Å². The van der Waals surface area contributed by atoms with Gasteiger partial charge in [0.05, 0.1) is 18.2 Å². The maximum absolute atomic E-state index is 14.4. The van der Waals surface area contributed by atoms with Gasteiger partial charge in [0.2, 0.25) is 0 Å². The van der Waals surface area contributed by atoms with Crippen molar-refractivity contribution in [3.05, 3.63) is 84.2 Å². The van der Waals surface area contributed by atoms with Crippen LogP contribution in [0.25, 0.3) is 33.8 Å². The highest BCUT2D eigenvalue weighted by Crippen LogP contribution is 2.34. The predicted molar refractivity (Wildman–Crippen MR) is 118 cm³/mol. The number of nitrogens with zero attached hydrogens (tertiary/aromatic N) is 2. The van der Waals surface area contributed by atoms with Crippen LogP contribution in [0.5, 0.6) is 0 Å². The first-order chi connectivity index (χ1) is 16.3. The van der Waals surface area contributed by atoms with Crippen LogP contribution < -0.4 is 10.8 Å². The summed E-state index contributed by atoms with van der Waals surface area (Å²) in [7, 11) is 0. The molecule has 2 aromatic carbocycles. The molecule has 3 heterocycles. The van der Waals surface area contributed by atoms with E-state index in [0.29, 0.717) is 22.3 Å². The molecule has 6 nitrogen and oxygen atoms in total. The largest absolute Gasteiger partial charge is 0.472 e. The van der Waals surface area contributed by atoms with E-state index in [2.05, 4.69) is 20.8 Å². The smallest absolute Gasteiger partial charge is 0.433 e. The summed E-state index contributed by atoms with van der Waals surface area (Å²) in [4.78, 5) is 13.0. The second-order valence-electron chi connectivity index (χ2n) is 7.37. The van der Waals surface area contributed by atoms with E-state index in [9.17, 15) is 17.6 Å². The Hall–Kier alpha value is -3.83. The first kappa shape index (κ1) is 22.0. The summed E-state index contributed by atoms with van der Waals surface area (Å²) >= 11 is 4.90. The lowest BCUT2D eigenvalue weighted by molar-refractivity contribution is -0.141. The van der Waals surface area contributed by atoms with E-state index in [1.54, 1.807) is 36.4 Å². The van der Waals surface area contributed by atoms with Crippen molar-refractivity contribution in [2.75, 3.05) is 0 Å². The summed E-state index contributed by atoms with van der Waals surface area (Å²) in [6.45, 7) is 0. The fourth-order valence-electron chi connectivity index (χ4n) is 3.49. The van der Waals surface area contributed by atoms with Gasteiger partial charge in [-0.2, -0.15) is 13.2 Å². The third-order valence-corrected chi connectivity index (χ3v) is 5.33. The van der Waals surface area contributed by atoms with Crippen molar-refractivity contribution < 1.29 is 26.8 Å². The molecule has 0 saturated carbocycles. The van der Waals surface area contributed by atoms with Gasteiger partial charge in [-0.3, -0.25) is 0 Å². The minimum Gasteiger partial charge on any atom is -0.472 e. The first-order valence-electron chi connectivity index (χ1n) is 9.90. The van der Waals surface area contributed by atoms with Gasteiger partial charge in [0.25, 0.3) is 5.17 Å². The maximum atomic E-state index is 14.4. The molecular formula is C23H14F4N4O2S. The Morgan fingerprint density at radius 3 is 2.41 bits per heavy atom. The van der Waals surface area contributed by atoms with Crippen molar-refractivity contribution in [1.29, 1.82) is 0 Å². The number of hydrogen-bond acceptors (Lipinski definition) is 6. The number of thiocarbonyl (C=S) groups is 1. The van der Waals surface area contributed by atoms with Crippen molar-refractivity contribution in [2.24, 2.45) is 0 Å². The van der Waals surface area contributed by atoms with Crippen LogP contribution in [0.15, 0.2) is 71.5 Å². The monoisotopic (exact) mass is 486 g/mol. The highest BCUT2D eigenvalue weighted by molar-refractivity contribution is 7.80. The lowest BCUT2D eigenvalue weighted by Crippen LogP contribution is -2.23. The zero-order valence-electron chi connectivity index (χ0n) is 17.1. The Labute approximate surface area is 195 Å².